The van der Waals surface area contributed by atoms with Gasteiger partial charge in [-0.15, -0.1) is 0 Å². The summed E-state index contributed by atoms with van der Waals surface area (Å²) in [5.41, 5.74) is 3.06. The second-order valence-electron chi connectivity index (χ2n) is 7.78. The fourth-order valence-corrected chi connectivity index (χ4v) is 3.89. The molecule has 0 atom stereocenters. The van der Waals surface area contributed by atoms with E-state index in [9.17, 15) is 0 Å². The fourth-order valence-electron chi connectivity index (χ4n) is 3.89. The minimum absolute atomic E-state index is 0.671. The molecule has 0 amide bonds. The van der Waals surface area contributed by atoms with Crippen LogP contribution in [0.5, 0.6) is 0 Å². The summed E-state index contributed by atoms with van der Waals surface area (Å²) in [6, 6.07) is 19.6. The van der Waals surface area contributed by atoms with E-state index in [1.165, 1.54) is 25.7 Å². The Labute approximate surface area is 176 Å². The highest BCUT2D eigenvalue weighted by atomic mass is 16.3. The number of hydrogen-bond acceptors (Lipinski definition) is 4. The smallest absolute Gasteiger partial charge is 0.134 e. The highest BCUT2D eigenvalue weighted by molar-refractivity contribution is 5.80. The van der Waals surface area contributed by atoms with Gasteiger partial charge in [0.15, 0.2) is 0 Å². The second-order valence-corrected chi connectivity index (χ2v) is 7.78. The van der Waals surface area contributed by atoms with Crippen molar-refractivity contribution in [1.29, 1.82) is 10.5 Å². The topological polar surface area (TPSA) is 73.9 Å². The Morgan fingerprint density at radius 2 is 1.00 bits per heavy atom. The van der Waals surface area contributed by atoms with Gasteiger partial charge >= 0.3 is 0 Å². The number of benzene rings is 2. The zero-order valence-electron chi connectivity index (χ0n) is 17.0. The Morgan fingerprint density at radius 1 is 0.567 bits per heavy atom. The molecular weight excluding hydrogens is 372 g/mol. The fraction of sp³-hybridized carbons (Fsp3) is 0.308. The lowest BCUT2D eigenvalue weighted by atomic mass is 10.1. The summed E-state index contributed by atoms with van der Waals surface area (Å²) in [7, 11) is 0. The minimum atomic E-state index is 0.671. The Kier molecular flexibility index (Phi) is 6.16. The van der Waals surface area contributed by atoms with Crippen LogP contribution in [-0.4, -0.2) is 0 Å². The molecule has 4 heteroatoms. The van der Waals surface area contributed by atoms with Crippen LogP contribution in [0.25, 0.3) is 21.9 Å². The van der Waals surface area contributed by atoms with Crippen LogP contribution >= 0.6 is 0 Å². The molecule has 4 rings (SSSR count). The predicted molar refractivity (Wildman–Crippen MR) is 117 cm³/mol. The number of hydrogen-bond donors (Lipinski definition) is 0. The van der Waals surface area contributed by atoms with Gasteiger partial charge < -0.3 is 8.83 Å². The van der Waals surface area contributed by atoms with Gasteiger partial charge in [0, 0.05) is 23.6 Å². The first-order valence-corrected chi connectivity index (χ1v) is 10.6. The molecule has 0 aliphatic rings. The molecule has 0 saturated heterocycles. The number of unbranched alkanes of at least 4 members (excludes halogenated alkanes) is 5. The average molecular weight is 396 g/mol. The van der Waals surface area contributed by atoms with E-state index in [4.69, 9.17) is 19.4 Å². The number of nitrogens with zero attached hydrogens (tertiary/aromatic N) is 2. The van der Waals surface area contributed by atoms with Crippen LogP contribution in [0.1, 0.15) is 61.2 Å². The van der Waals surface area contributed by atoms with Gasteiger partial charge in [-0.3, -0.25) is 0 Å². The predicted octanol–water partition coefficient (Wildman–Crippen LogP) is 7.05. The molecule has 2 aromatic heterocycles. The van der Waals surface area contributed by atoms with Gasteiger partial charge in [-0.05, 0) is 61.4 Å². The second kappa shape index (κ2) is 9.33. The quantitative estimate of drug-likeness (QED) is 0.284. The molecule has 0 saturated carbocycles. The summed E-state index contributed by atoms with van der Waals surface area (Å²) in [5, 5.41) is 20.0. The Morgan fingerprint density at radius 3 is 1.43 bits per heavy atom. The van der Waals surface area contributed by atoms with Crippen molar-refractivity contribution in [2.75, 3.05) is 0 Å². The van der Waals surface area contributed by atoms with Gasteiger partial charge in [-0.2, -0.15) is 10.5 Å². The van der Waals surface area contributed by atoms with E-state index < -0.39 is 0 Å². The molecule has 2 heterocycles. The maximum Gasteiger partial charge on any atom is 0.134 e. The number of aryl methyl sites for hydroxylation is 2. The van der Waals surface area contributed by atoms with E-state index in [-0.39, 0.29) is 0 Å². The van der Waals surface area contributed by atoms with Gasteiger partial charge in [0.05, 0.1) is 23.3 Å². The van der Waals surface area contributed by atoms with E-state index in [1.807, 2.05) is 24.3 Å². The van der Waals surface area contributed by atoms with Crippen molar-refractivity contribution in [3.8, 4) is 12.1 Å². The normalized spacial score (nSPS) is 11.0. The van der Waals surface area contributed by atoms with Crippen molar-refractivity contribution in [3.63, 3.8) is 0 Å². The summed E-state index contributed by atoms with van der Waals surface area (Å²) in [5.74, 6) is 2.01. The van der Waals surface area contributed by atoms with E-state index in [0.717, 1.165) is 59.1 Å². The number of rotatable bonds is 9. The maximum absolute atomic E-state index is 8.99. The number of nitriles is 2. The van der Waals surface area contributed by atoms with Gasteiger partial charge in [0.25, 0.3) is 0 Å². The van der Waals surface area contributed by atoms with Crippen LogP contribution in [0, 0.1) is 22.7 Å². The molecule has 4 nitrogen and oxygen atoms in total. The maximum atomic E-state index is 8.99. The van der Waals surface area contributed by atoms with Crippen molar-refractivity contribution in [2.45, 2.75) is 51.4 Å². The molecule has 0 aliphatic carbocycles. The lowest BCUT2D eigenvalue weighted by Crippen LogP contribution is -1.86. The van der Waals surface area contributed by atoms with E-state index in [2.05, 4.69) is 24.3 Å². The van der Waals surface area contributed by atoms with Crippen molar-refractivity contribution < 1.29 is 8.83 Å². The monoisotopic (exact) mass is 396 g/mol. The first-order valence-electron chi connectivity index (χ1n) is 10.6. The molecule has 0 aliphatic heterocycles. The van der Waals surface area contributed by atoms with Gasteiger partial charge in [0.2, 0.25) is 0 Å². The molecule has 0 unspecified atom stereocenters. The van der Waals surface area contributed by atoms with E-state index in [1.54, 1.807) is 12.1 Å². The highest BCUT2D eigenvalue weighted by Crippen LogP contribution is 2.23. The summed E-state index contributed by atoms with van der Waals surface area (Å²) in [4.78, 5) is 0. The lowest BCUT2D eigenvalue weighted by molar-refractivity contribution is 0.508. The first-order chi connectivity index (χ1) is 14.7. The van der Waals surface area contributed by atoms with Crippen LogP contribution in [0.4, 0.5) is 0 Å². The van der Waals surface area contributed by atoms with Crippen LogP contribution in [0.3, 0.4) is 0 Å². The molecule has 0 bridgehead atoms. The Hall–Kier alpha value is -3.50. The highest BCUT2D eigenvalue weighted by Gasteiger charge is 2.06. The molecular formula is C26H24N2O2. The third-order valence-electron chi connectivity index (χ3n) is 5.49. The Bertz CT molecular complexity index is 1140. The Balaban J connectivity index is 1.13. The van der Waals surface area contributed by atoms with E-state index in [0.29, 0.717) is 11.1 Å². The van der Waals surface area contributed by atoms with Crippen LogP contribution in [-0.2, 0) is 12.8 Å². The molecule has 30 heavy (non-hydrogen) atoms. The first kappa shape index (κ1) is 19.8. The molecule has 0 spiro atoms. The van der Waals surface area contributed by atoms with Crippen LogP contribution < -0.4 is 0 Å². The number of furan rings is 2. The van der Waals surface area contributed by atoms with Gasteiger partial charge in [-0.25, -0.2) is 0 Å². The molecule has 150 valence electrons. The molecule has 2 aromatic carbocycles. The standard InChI is InChI=1S/C26H24N2O2/c27-17-19-9-11-25-21(13-19)15-23(29-25)7-5-3-1-2-4-6-8-24-16-22-14-20(18-28)10-12-26(22)30-24/h9-16H,1-8H2. The lowest BCUT2D eigenvalue weighted by Gasteiger charge is -2.00. The third-order valence-corrected chi connectivity index (χ3v) is 5.49. The van der Waals surface area contributed by atoms with E-state index >= 15 is 0 Å². The molecule has 0 fully saturated rings. The van der Waals surface area contributed by atoms with Gasteiger partial charge in [-0.1, -0.05) is 25.7 Å². The summed E-state index contributed by atoms with van der Waals surface area (Å²) < 4.78 is 11.7. The largest absolute Gasteiger partial charge is 0.461 e. The zero-order chi connectivity index (χ0) is 20.8. The average Bonchev–Trinajstić information content (AvgIpc) is 3.37. The molecule has 4 aromatic rings. The van der Waals surface area contributed by atoms with Crippen molar-refractivity contribution in [1.82, 2.24) is 0 Å². The molecule has 0 radical (unpaired) electrons. The summed E-state index contributed by atoms with van der Waals surface area (Å²) >= 11 is 0. The van der Waals surface area contributed by atoms with Crippen LogP contribution in [0.15, 0.2) is 57.4 Å². The summed E-state index contributed by atoms with van der Waals surface area (Å²) in [6.45, 7) is 0. The SMILES string of the molecule is N#Cc1ccc2oc(CCCCCCCCc3cc4cc(C#N)ccc4o3)cc2c1. The minimum Gasteiger partial charge on any atom is -0.461 e. The zero-order valence-corrected chi connectivity index (χ0v) is 17.0. The van der Waals surface area contributed by atoms with Crippen molar-refractivity contribution >= 4 is 21.9 Å². The number of fused-ring (bicyclic) bond motifs is 2. The molecule has 0 N–H and O–H groups in total. The van der Waals surface area contributed by atoms with Crippen molar-refractivity contribution in [3.05, 3.63) is 71.2 Å². The van der Waals surface area contributed by atoms with Crippen molar-refractivity contribution in [2.24, 2.45) is 0 Å². The third kappa shape index (κ3) is 4.73. The summed E-state index contributed by atoms with van der Waals surface area (Å²) in [6.07, 6.45) is 8.98. The van der Waals surface area contributed by atoms with Crippen LogP contribution in [0.2, 0.25) is 0 Å². The van der Waals surface area contributed by atoms with Gasteiger partial charge in [0.1, 0.15) is 22.7 Å².